The summed E-state index contributed by atoms with van der Waals surface area (Å²) in [6, 6.07) is 0. The summed E-state index contributed by atoms with van der Waals surface area (Å²) in [5.74, 6) is -0.0504. The summed E-state index contributed by atoms with van der Waals surface area (Å²) >= 11 is 1.09. The highest BCUT2D eigenvalue weighted by Gasteiger charge is 2.12. The molecule has 0 radical (unpaired) electrons. The Kier molecular flexibility index (Phi) is 4.26. The minimum absolute atomic E-state index is 0.0504. The van der Waals surface area contributed by atoms with Gasteiger partial charge in [-0.1, -0.05) is 11.3 Å². The first-order valence-electron chi connectivity index (χ1n) is 5.09. The van der Waals surface area contributed by atoms with Gasteiger partial charge in [0.15, 0.2) is 0 Å². The van der Waals surface area contributed by atoms with Crippen LogP contribution in [0, 0.1) is 0 Å². The van der Waals surface area contributed by atoms with Gasteiger partial charge in [-0.2, -0.15) is 0 Å². The fraction of sp³-hybridized carbons (Fsp3) is 0.600. The Morgan fingerprint density at radius 3 is 2.81 bits per heavy atom. The summed E-state index contributed by atoms with van der Waals surface area (Å²) in [7, 11) is 0. The predicted octanol–water partition coefficient (Wildman–Crippen LogP) is 0.570. The Labute approximate surface area is 98.1 Å². The van der Waals surface area contributed by atoms with Gasteiger partial charge in [0.25, 0.3) is 0 Å². The normalized spacial score (nSPS) is 11.4. The van der Waals surface area contributed by atoms with E-state index in [0.717, 1.165) is 17.0 Å². The fourth-order valence-electron chi connectivity index (χ4n) is 1.12. The Morgan fingerprint density at radius 1 is 1.62 bits per heavy atom. The van der Waals surface area contributed by atoms with Gasteiger partial charge in [-0.3, -0.25) is 9.59 Å². The highest BCUT2D eigenvalue weighted by Crippen LogP contribution is 2.06. The van der Waals surface area contributed by atoms with E-state index in [2.05, 4.69) is 10.3 Å². The summed E-state index contributed by atoms with van der Waals surface area (Å²) in [4.78, 5) is 24.8. The van der Waals surface area contributed by atoms with Crippen molar-refractivity contribution in [2.45, 2.75) is 38.8 Å². The number of aromatic amines is 1. The molecule has 0 saturated heterocycles. The zero-order valence-corrected chi connectivity index (χ0v) is 10.3. The molecule has 0 unspecified atom stereocenters. The SMILES string of the molecule is CC(C)(N)CCC(=O)NCc1csc(=O)[nH]1. The molecule has 0 aromatic carbocycles. The van der Waals surface area contributed by atoms with Gasteiger partial charge in [0, 0.05) is 23.0 Å². The van der Waals surface area contributed by atoms with Crippen LogP contribution in [-0.4, -0.2) is 16.4 Å². The lowest BCUT2D eigenvalue weighted by atomic mass is 10.00. The Bertz CT molecular complexity index is 403. The molecule has 0 aliphatic carbocycles. The maximum Gasteiger partial charge on any atom is 0.304 e. The average Bonchev–Trinajstić information content (AvgIpc) is 2.57. The van der Waals surface area contributed by atoms with Crippen molar-refractivity contribution in [1.82, 2.24) is 10.3 Å². The fourth-order valence-corrected chi connectivity index (χ4v) is 1.70. The van der Waals surface area contributed by atoms with Crippen LogP contribution in [0.5, 0.6) is 0 Å². The number of nitrogens with two attached hydrogens (primary N) is 1. The highest BCUT2D eigenvalue weighted by atomic mass is 32.1. The number of hydrogen-bond donors (Lipinski definition) is 3. The van der Waals surface area contributed by atoms with Crippen LogP contribution in [0.1, 0.15) is 32.4 Å². The first-order chi connectivity index (χ1) is 7.37. The van der Waals surface area contributed by atoms with Crippen molar-refractivity contribution in [1.29, 1.82) is 0 Å². The van der Waals surface area contributed by atoms with Gasteiger partial charge in [0.1, 0.15) is 0 Å². The van der Waals surface area contributed by atoms with Gasteiger partial charge in [-0.25, -0.2) is 0 Å². The van der Waals surface area contributed by atoms with E-state index in [1.54, 1.807) is 5.38 Å². The van der Waals surface area contributed by atoms with Crippen molar-refractivity contribution in [3.63, 3.8) is 0 Å². The van der Waals surface area contributed by atoms with E-state index in [1.165, 1.54) is 0 Å². The zero-order valence-electron chi connectivity index (χ0n) is 9.50. The second kappa shape index (κ2) is 5.27. The average molecular weight is 243 g/mol. The molecule has 0 aliphatic heterocycles. The van der Waals surface area contributed by atoms with Crippen molar-refractivity contribution >= 4 is 17.2 Å². The number of carbonyl (C=O) groups excluding carboxylic acids is 1. The summed E-state index contributed by atoms with van der Waals surface area (Å²) in [6.07, 6.45) is 1.04. The van der Waals surface area contributed by atoms with Gasteiger partial charge in [0.2, 0.25) is 5.91 Å². The third kappa shape index (κ3) is 5.09. The molecule has 1 aromatic heterocycles. The van der Waals surface area contributed by atoms with Crippen molar-refractivity contribution in [2.75, 3.05) is 0 Å². The molecular weight excluding hydrogens is 226 g/mol. The monoisotopic (exact) mass is 243 g/mol. The van der Waals surface area contributed by atoms with E-state index >= 15 is 0 Å². The van der Waals surface area contributed by atoms with E-state index in [9.17, 15) is 9.59 Å². The zero-order chi connectivity index (χ0) is 12.2. The number of nitrogens with one attached hydrogen (secondary N) is 2. The van der Waals surface area contributed by atoms with E-state index in [-0.39, 0.29) is 16.3 Å². The molecule has 6 heteroatoms. The lowest BCUT2D eigenvalue weighted by Crippen LogP contribution is -2.34. The number of amides is 1. The summed E-state index contributed by atoms with van der Waals surface area (Å²) < 4.78 is 0. The molecule has 0 atom stereocenters. The molecule has 16 heavy (non-hydrogen) atoms. The Balaban J connectivity index is 2.28. The second-order valence-corrected chi connectivity index (χ2v) is 5.28. The first-order valence-corrected chi connectivity index (χ1v) is 5.97. The van der Waals surface area contributed by atoms with Gasteiger partial charge in [-0.15, -0.1) is 0 Å². The number of thiazole rings is 1. The largest absolute Gasteiger partial charge is 0.351 e. The molecule has 1 aromatic rings. The van der Waals surface area contributed by atoms with E-state index in [1.807, 2.05) is 13.8 Å². The number of rotatable bonds is 5. The summed E-state index contributed by atoms with van der Waals surface area (Å²) in [5, 5.41) is 4.43. The molecule has 0 fully saturated rings. The number of aromatic nitrogens is 1. The molecule has 1 heterocycles. The van der Waals surface area contributed by atoms with Crippen LogP contribution in [-0.2, 0) is 11.3 Å². The third-order valence-corrected chi connectivity index (χ3v) is 2.76. The molecule has 0 bridgehead atoms. The standard InChI is InChI=1S/C10H17N3O2S/c1-10(2,11)4-3-8(14)12-5-7-6-16-9(15)13-7/h6H,3-5,11H2,1-2H3,(H,12,14)(H,13,15). The molecule has 1 rings (SSSR count). The molecule has 5 nitrogen and oxygen atoms in total. The maximum atomic E-state index is 11.4. The van der Waals surface area contributed by atoms with Crippen molar-refractivity contribution < 1.29 is 4.79 Å². The summed E-state index contributed by atoms with van der Waals surface area (Å²) in [5.41, 5.74) is 6.17. The third-order valence-electron chi connectivity index (χ3n) is 2.04. The molecular formula is C10H17N3O2S. The lowest BCUT2D eigenvalue weighted by Gasteiger charge is -2.17. The number of hydrogen-bond acceptors (Lipinski definition) is 4. The number of carbonyl (C=O) groups is 1. The first kappa shape index (κ1) is 12.9. The minimum Gasteiger partial charge on any atom is -0.351 e. The van der Waals surface area contributed by atoms with Crippen LogP contribution in [0.15, 0.2) is 10.2 Å². The van der Waals surface area contributed by atoms with E-state index in [0.29, 0.717) is 19.4 Å². The summed E-state index contributed by atoms with van der Waals surface area (Å²) in [6.45, 7) is 4.13. The second-order valence-electron chi connectivity index (χ2n) is 4.44. The Hall–Kier alpha value is -1.14. The molecule has 0 saturated carbocycles. The van der Waals surface area contributed by atoms with Crippen LogP contribution >= 0.6 is 11.3 Å². The van der Waals surface area contributed by atoms with Crippen molar-refractivity contribution in [3.05, 3.63) is 20.7 Å². The van der Waals surface area contributed by atoms with Crippen LogP contribution < -0.4 is 15.9 Å². The highest BCUT2D eigenvalue weighted by molar-refractivity contribution is 7.07. The van der Waals surface area contributed by atoms with Crippen LogP contribution in [0.4, 0.5) is 0 Å². The quantitative estimate of drug-likeness (QED) is 0.706. The topological polar surface area (TPSA) is 88.0 Å². The molecule has 1 amide bonds. The van der Waals surface area contributed by atoms with Crippen molar-refractivity contribution in [3.8, 4) is 0 Å². The smallest absolute Gasteiger partial charge is 0.304 e. The van der Waals surface area contributed by atoms with E-state index in [4.69, 9.17) is 5.73 Å². The number of H-pyrrole nitrogens is 1. The molecule has 90 valence electrons. The Morgan fingerprint density at radius 2 is 2.31 bits per heavy atom. The van der Waals surface area contributed by atoms with Gasteiger partial charge >= 0.3 is 4.87 Å². The minimum atomic E-state index is -0.325. The molecule has 4 N–H and O–H groups in total. The molecule has 0 spiro atoms. The van der Waals surface area contributed by atoms with Crippen LogP contribution in [0.25, 0.3) is 0 Å². The molecule has 0 aliphatic rings. The van der Waals surface area contributed by atoms with Crippen LogP contribution in [0.3, 0.4) is 0 Å². The lowest BCUT2D eigenvalue weighted by molar-refractivity contribution is -0.121. The van der Waals surface area contributed by atoms with Gasteiger partial charge < -0.3 is 16.0 Å². The van der Waals surface area contributed by atoms with E-state index < -0.39 is 0 Å². The van der Waals surface area contributed by atoms with Gasteiger partial charge in [-0.05, 0) is 20.3 Å². The van der Waals surface area contributed by atoms with Gasteiger partial charge in [0.05, 0.1) is 6.54 Å². The van der Waals surface area contributed by atoms with Crippen LogP contribution in [0.2, 0.25) is 0 Å². The van der Waals surface area contributed by atoms with Crippen molar-refractivity contribution in [2.24, 2.45) is 5.73 Å². The maximum absolute atomic E-state index is 11.4. The predicted molar refractivity (Wildman–Crippen MR) is 64.3 cm³/mol.